The van der Waals surface area contributed by atoms with Crippen LogP contribution in [0.15, 0.2) is 42.5 Å². The number of carbonyl (C=O) groups excluding carboxylic acids is 2. The summed E-state index contributed by atoms with van der Waals surface area (Å²) >= 11 is 6.14. The van der Waals surface area contributed by atoms with Gasteiger partial charge in [-0.1, -0.05) is 17.7 Å². The molecule has 3 aromatic rings. The molecule has 1 aliphatic carbocycles. The second-order valence-corrected chi connectivity index (χ2v) is 7.99. The molecule has 0 aliphatic heterocycles. The average molecular weight is 441 g/mol. The Morgan fingerprint density at radius 3 is 2.61 bits per heavy atom. The van der Waals surface area contributed by atoms with E-state index in [-0.39, 0.29) is 18.3 Å². The molecular formula is C23H22ClFN4O2. The number of aryl methyl sites for hydroxylation is 1. The first kappa shape index (κ1) is 21.1. The fourth-order valence-corrected chi connectivity index (χ4v) is 4.02. The Morgan fingerprint density at radius 1 is 1.13 bits per heavy atom. The van der Waals surface area contributed by atoms with Crippen LogP contribution < -0.4 is 10.6 Å². The molecule has 1 heterocycles. The second-order valence-electron chi connectivity index (χ2n) is 7.58. The Balaban J connectivity index is 1.49. The van der Waals surface area contributed by atoms with Gasteiger partial charge in [-0.3, -0.25) is 9.59 Å². The molecule has 8 heteroatoms. The largest absolute Gasteiger partial charge is 0.342 e. The summed E-state index contributed by atoms with van der Waals surface area (Å²) in [5.41, 5.74) is 4.32. The molecule has 0 fully saturated rings. The Hall–Kier alpha value is -3.19. The van der Waals surface area contributed by atoms with Gasteiger partial charge in [0.2, 0.25) is 5.91 Å². The monoisotopic (exact) mass is 440 g/mol. The van der Waals surface area contributed by atoms with E-state index in [2.05, 4.69) is 15.7 Å². The molecule has 1 aliphatic rings. The van der Waals surface area contributed by atoms with Gasteiger partial charge < -0.3 is 10.6 Å². The van der Waals surface area contributed by atoms with Crippen molar-refractivity contribution in [3.05, 3.63) is 75.8 Å². The first-order chi connectivity index (χ1) is 14.9. The van der Waals surface area contributed by atoms with Gasteiger partial charge in [0.25, 0.3) is 5.91 Å². The van der Waals surface area contributed by atoms with Crippen LogP contribution in [0.4, 0.5) is 10.1 Å². The molecule has 4 rings (SSSR count). The third kappa shape index (κ3) is 4.61. The maximum atomic E-state index is 13.3. The summed E-state index contributed by atoms with van der Waals surface area (Å²) in [6.07, 6.45) is 3.50. The molecule has 0 spiro atoms. The van der Waals surface area contributed by atoms with Crippen LogP contribution in [0.2, 0.25) is 5.02 Å². The number of hydrogen-bond acceptors (Lipinski definition) is 3. The SMILES string of the molecule is Cc1ccc(NC(=O)CNC(=O)c2nn(-c3ccc(F)cc3)c3c2CCCC3)c(Cl)c1. The van der Waals surface area contributed by atoms with Crippen LogP contribution in [0.25, 0.3) is 5.69 Å². The van der Waals surface area contributed by atoms with E-state index in [9.17, 15) is 14.0 Å². The Morgan fingerprint density at radius 2 is 1.87 bits per heavy atom. The zero-order valence-corrected chi connectivity index (χ0v) is 17.8. The van der Waals surface area contributed by atoms with Crippen LogP contribution in [-0.2, 0) is 17.6 Å². The highest BCUT2D eigenvalue weighted by molar-refractivity contribution is 6.33. The predicted octanol–water partition coefficient (Wildman–Crippen LogP) is 4.22. The van der Waals surface area contributed by atoms with Crippen molar-refractivity contribution in [1.82, 2.24) is 15.1 Å². The lowest BCUT2D eigenvalue weighted by atomic mass is 9.95. The molecule has 1 aromatic heterocycles. The smallest absolute Gasteiger partial charge is 0.272 e. The van der Waals surface area contributed by atoms with Gasteiger partial charge in [0.15, 0.2) is 5.69 Å². The molecule has 2 N–H and O–H groups in total. The van der Waals surface area contributed by atoms with Gasteiger partial charge in [-0.15, -0.1) is 0 Å². The highest BCUT2D eigenvalue weighted by Gasteiger charge is 2.25. The van der Waals surface area contributed by atoms with Crippen molar-refractivity contribution in [1.29, 1.82) is 0 Å². The molecule has 0 atom stereocenters. The number of benzene rings is 2. The number of hydrogen-bond donors (Lipinski definition) is 2. The van der Waals surface area contributed by atoms with Crippen LogP contribution >= 0.6 is 11.6 Å². The van der Waals surface area contributed by atoms with Gasteiger partial charge in [0.05, 0.1) is 22.9 Å². The minimum absolute atomic E-state index is 0.207. The Kier molecular flexibility index (Phi) is 6.04. The molecule has 0 saturated carbocycles. The summed E-state index contributed by atoms with van der Waals surface area (Å²) in [7, 11) is 0. The number of fused-ring (bicyclic) bond motifs is 1. The minimum Gasteiger partial charge on any atom is -0.342 e. The zero-order valence-electron chi connectivity index (χ0n) is 17.0. The second kappa shape index (κ2) is 8.89. The molecule has 0 radical (unpaired) electrons. The number of rotatable bonds is 5. The van der Waals surface area contributed by atoms with E-state index in [0.29, 0.717) is 22.1 Å². The summed E-state index contributed by atoms with van der Waals surface area (Å²) in [5.74, 6) is -1.13. The molecule has 6 nitrogen and oxygen atoms in total. The summed E-state index contributed by atoms with van der Waals surface area (Å²) in [4.78, 5) is 25.1. The highest BCUT2D eigenvalue weighted by Crippen LogP contribution is 2.27. The summed E-state index contributed by atoms with van der Waals surface area (Å²) in [6, 6.07) is 11.3. The first-order valence-electron chi connectivity index (χ1n) is 10.1. The van der Waals surface area contributed by atoms with Crippen molar-refractivity contribution >= 4 is 29.1 Å². The van der Waals surface area contributed by atoms with Gasteiger partial charge in [-0.05, 0) is 74.6 Å². The fraction of sp³-hybridized carbons (Fsp3) is 0.261. The molecule has 160 valence electrons. The topological polar surface area (TPSA) is 76.0 Å². The summed E-state index contributed by atoms with van der Waals surface area (Å²) in [5, 5.41) is 10.3. The van der Waals surface area contributed by atoms with E-state index in [1.165, 1.54) is 12.1 Å². The lowest BCUT2D eigenvalue weighted by molar-refractivity contribution is -0.115. The summed E-state index contributed by atoms with van der Waals surface area (Å²) in [6.45, 7) is 1.70. The minimum atomic E-state index is -0.413. The van der Waals surface area contributed by atoms with E-state index in [0.717, 1.165) is 42.5 Å². The molecule has 2 amide bonds. The van der Waals surface area contributed by atoms with E-state index in [4.69, 9.17) is 11.6 Å². The van der Waals surface area contributed by atoms with E-state index >= 15 is 0 Å². The number of anilines is 1. The molecule has 0 unspecified atom stereocenters. The van der Waals surface area contributed by atoms with Crippen LogP contribution in [0.5, 0.6) is 0 Å². The number of halogens is 2. The van der Waals surface area contributed by atoms with Gasteiger partial charge in [-0.2, -0.15) is 5.10 Å². The van der Waals surface area contributed by atoms with Crippen molar-refractivity contribution < 1.29 is 14.0 Å². The standard InChI is InChI=1S/C23H22ClFN4O2/c1-14-6-11-19(18(24)12-14)27-21(30)13-26-23(31)22-17-4-2-3-5-20(17)29(28-22)16-9-7-15(25)8-10-16/h6-12H,2-5,13H2,1H3,(H,26,31)(H,27,30). The molecular weight excluding hydrogens is 419 g/mol. The first-order valence-corrected chi connectivity index (χ1v) is 10.5. The lowest BCUT2D eigenvalue weighted by Crippen LogP contribution is -2.33. The maximum absolute atomic E-state index is 13.3. The van der Waals surface area contributed by atoms with Crippen molar-refractivity contribution in [2.75, 3.05) is 11.9 Å². The van der Waals surface area contributed by atoms with Crippen molar-refractivity contribution in [2.45, 2.75) is 32.6 Å². The third-order valence-electron chi connectivity index (χ3n) is 5.27. The van der Waals surface area contributed by atoms with Gasteiger partial charge in [-0.25, -0.2) is 9.07 Å². The molecule has 0 saturated heterocycles. The number of aromatic nitrogens is 2. The van der Waals surface area contributed by atoms with E-state index in [1.807, 2.05) is 13.0 Å². The average Bonchev–Trinajstić information content (AvgIpc) is 3.14. The van der Waals surface area contributed by atoms with Gasteiger partial charge >= 0.3 is 0 Å². The third-order valence-corrected chi connectivity index (χ3v) is 5.59. The Bertz CT molecular complexity index is 1140. The molecule has 2 aromatic carbocycles. The van der Waals surface area contributed by atoms with E-state index in [1.54, 1.807) is 28.9 Å². The summed E-state index contributed by atoms with van der Waals surface area (Å²) < 4.78 is 15.0. The van der Waals surface area contributed by atoms with Crippen molar-refractivity contribution in [2.24, 2.45) is 0 Å². The number of nitrogens with zero attached hydrogens (tertiary/aromatic N) is 2. The van der Waals surface area contributed by atoms with Crippen LogP contribution in [0.1, 0.15) is 40.2 Å². The normalized spacial score (nSPS) is 12.9. The van der Waals surface area contributed by atoms with Crippen molar-refractivity contribution in [3.63, 3.8) is 0 Å². The maximum Gasteiger partial charge on any atom is 0.272 e. The number of amides is 2. The van der Waals surface area contributed by atoms with Crippen LogP contribution in [0, 0.1) is 12.7 Å². The predicted molar refractivity (Wildman–Crippen MR) is 117 cm³/mol. The molecule has 31 heavy (non-hydrogen) atoms. The zero-order chi connectivity index (χ0) is 22.0. The Labute approximate surface area is 184 Å². The van der Waals surface area contributed by atoms with E-state index < -0.39 is 5.91 Å². The van der Waals surface area contributed by atoms with Gasteiger partial charge in [0, 0.05) is 11.3 Å². The number of nitrogens with one attached hydrogen (secondary N) is 2. The quantitative estimate of drug-likeness (QED) is 0.623. The molecule has 0 bridgehead atoms. The number of carbonyl (C=O) groups is 2. The lowest BCUT2D eigenvalue weighted by Gasteiger charge is -2.14. The van der Waals surface area contributed by atoms with Crippen LogP contribution in [0.3, 0.4) is 0 Å². The van der Waals surface area contributed by atoms with Crippen LogP contribution in [-0.4, -0.2) is 28.1 Å². The van der Waals surface area contributed by atoms with Gasteiger partial charge in [0.1, 0.15) is 5.82 Å². The highest BCUT2D eigenvalue weighted by atomic mass is 35.5. The fourth-order valence-electron chi connectivity index (χ4n) is 3.74. The van der Waals surface area contributed by atoms with Crippen molar-refractivity contribution in [3.8, 4) is 5.69 Å².